The SMILES string of the molecule is Cc1ccccc1C(O)CNC(=O)NCc1ccnc(N(C)C)c1. The smallest absolute Gasteiger partial charge is 0.315 e. The molecule has 0 aliphatic rings. The highest BCUT2D eigenvalue weighted by Gasteiger charge is 2.11. The largest absolute Gasteiger partial charge is 0.387 e. The number of hydrogen-bond donors (Lipinski definition) is 3. The van der Waals surface area contributed by atoms with Crippen LogP contribution in [-0.2, 0) is 6.54 Å². The Kier molecular flexibility index (Phi) is 6.14. The monoisotopic (exact) mass is 328 g/mol. The van der Waals surface area contributed by atoms with E-state index in [1.807, 2.05) is 62.3 Å². The molecule has 2 aromatic rings. The molecule has 1 unspecified atom stereocenters. The van der Waals surface area contributed by atoms with Crippen LogP contribution in [0.25, 0.3) is 0 Å². The Labute approximate surface area is 142 Å². The van der Waals surface area contributed by atoms with Gasteiger partial charge in [0.15, 0.2) is 0 Å². The van der Waals surface area contributed by atoms with E-state index in [-0.39, 0.29) is 12.6 Å². The van der Waals surface area contributed by atoms with Crippen molar-refractivity contribution in [3.63, 3.8) is 0 Å². The number of amides is 2. The molecular weight excluding hydrogens is 304 g/mol. The Morgan fingerprint density at radius 2 is 2.00 bits per heavy atom. The summed E-state index contributed by atoms with van der Waals surface area (Å²) in [5, 5.41) is 15.6. The van der Waals surface area contributed by atoms with Crippen molar-refractivity contribution >= 4 is 11.8 Å². The lowest BCUT2D eigenvalue weighted by Gasteiger charge is -2.15. The molecular formula is C18H24N4O2. The van der Waals surface area contributed by atoms with E-state index in [0.29, 0.717) is 6.54 Å². The van der Waals surface area contributed by atoms with E-state index in [9.17, 15) is 9.90 Å². The van der Waals surface area contributed by atoms with Gasteiger partial charge in [-0.25, -0.2) is 9.78 Å². The molecule has 0 radical (unpaired) electrons. The third-order valence-electron chi connectivity index (χ3n) is 3.72. The second-order valence-corrected chi connectivity index (χ2v) is 5.85. The van der Waals surface area contributed by atoms with Crippen molar-refractivity contribution in [3.8, 4) is 0 Å². The Morgan fingerprint density at radius 1 is 1.25 bits per heavy atom. The first kappa shape index (κ1) is 17.7. The second-order valence-electron chi connectivity index (χ2n) is 5.85. The van der Waals surface area contributed by atoms with Crippen molar-refractivity contribution < 1.29 is 9.90 Å². The zero-order valence-electron chi connectivity index (χ0n) is 14.3. The van der Waals surface area contributed by atoms with Gasteiger partial charge in [0.05, 0.1) is 6.10 Å². The van der Waals surface area contributed by atoms with Crippen LogP contribution in [0.3, 0.4) is 0 Å². The maximum Gasteiger partial charge on any atom is 0.315 e. The molecule has 0 saturated heterocycles. The summed E-state index contributed by atoms with van der Waals surface area (Å²) in [6.07, 6.45) is 0.991. The normalized spacial score (nSPS) is 11.7. The quantitative estimate of drug-likeness (QED) is 0.758. The predicted octanol–water partition coefficient (Wildman–Crippen LogP) is 1.99. The maximum atomic E-state index is 11.9. The Balaban J connectivity index is 1.81. The highest BCUT2D eigenvalue weighted by Crippen LogP contribution is 2.16. The molecule has 2 rings (SSSR count). The zero-order chi connectivity index (χ0) is 17.5. The average Bonchev–Trinajstić information content (AvgIpc) is 2.58. The van der Waals surface area contributed by atoms with Crippen molar-refractivity contribution in [2.24, 2.45) is 0 Å². The fraction of sp³-hybridized carbons (Fsp3) is 0.333. The highest BCUT2D eigenvalue weighted by molar-refractivity contribution is 5.73. The molecule has 128 valence electrons. The number of hydrogen-bond acceptors (Lipinski definition) is 4. The third kappa shape index (κ3) is 4.96. The molecule has 1 heterocycles. The molecule has 0 spiro atoms. The van der Waals surface area contributed by atoms with E-state index >= 15 is 0 Å². The Hall–Kier alpha value is -2.60. The number of pyridine rings is 1. The molecule has 0 aliphatic carbocycles. The molecule has 24 heavy (non-hydrogen) atoms. The second kappa shape index (κ2) is 8.31. The number of nitrogens with zero attached hydrogens (tertiary/aromatic N) is 2. The highest BCUT2D eigenvalue weighted by atomic mass is 16.3. The molecule has 0 fully saturated rings. The molecule has 1 aromatic carbocycles. The lowest BCUT2D eigenvalue weighted by Crippen LogP contribution is -2.37. The average molecular weight is 328 g/mol. The molecule has 0 saturated carbocycles. The lowest BCUT2D eigenvalue weighted by molar-refractivity contribution is 0.172. The summed E-state index contributed by atoms with van der Waals surface area (Å²) in [7, 11) is 3.83. The summed E-state index contributed by atoms with van der Waals surface area (Å²) in [4.78, 5) is 18.0. The van der Waals surface area contributed by atoms with Gasteiger partial charge >= 0.3 is 6.03 Å². The number of benzene rings is 1. The van der Waals surface area contributed by atoms with Gasteiger partial charge in [0, 0.05) is 33.4 Å². The van der Waals surface area contributed by atoms with Crippen molar-refractivity contribution in [1.82, 2.24) is 15.6 Å². The topological polar surface area (TPSA) is 77.5 Å². The molecule has 6 heteroatoms. The molecule has 0 aliphatic heterocycles. The van der Waals surface area contributed by atoms with Crippen LogP contribution in [0.5, 0.6) is 0 Å². The number of nitrogens with one attached hydrogen (secondary N) is 2. The van der Waals surface area contributed by atoms with Gasteiger partial charge in [0.25, 0.3) is 0 Å². The maximum absolute atomic E-state index is 11.9. The van der Waals surface area contributed by atoms with Crippen LogP contribution in [0.2, 0.25) is 0 Å². The molecule has 6 nitrogen and oxygen atoms in total. The molecule has 2 amide bonds. The summed E-state index contributed by atoms with van der Waals surface area (Å²) >= 11 is 0. The van der Waals surface area contributed by atoms with Crippen LogP contribution >= 0.6 is 0 Å². The van der Waals surface area contributed by atoms with E-state index in [2.05, 4.69) is 15.6 Å². The fourth-order valence-electron chi connectivity index (χ4n) is 2.32. The minimum atomic E-state index is -0.724. The molecule has 1 aromatic heterocycles. The number of anilines is 1. The van der Waals surface area contributed by atoms with Gasteiger partial charge in [-0.2, -0.15) is 0 Å². The van der Waals surface area contributed by atoms with Gasteiger partial charge in [-0.3, -0.25) is 0 Å². The van der Waals surface area contributed by atoms with Gasteiger partial charge in [0.1, 0.15) is 5.82 Å². The van der Waals surface area contributed by atoms with Crippen LogP contribution in [0.4, 0.5) is 10.6 Å². The summed E-state index contributed by atoms with van der Waals surface area (Å²) in [5.74, 6) is 0.838. The number of carbonyl (C=O) groups excluding carboxylic acids is 1. The third-order valence-corrected chi connectivity index (χ3v) is 3.72. The molecule has 0 bridgehead atoms. The number of aliphatic hydroxyl groups excluding tert-OH is 1. The van der Waals surface area contributed by atoms with Crippen LogP contribution in [-0.4, -0.2) is 36.8 Å². The zero-order valence-corrected chi connectivity index (χ0v) is 14.3. The summed E-state index contributed by atoms with van der Waals surface area (Å²) in [6.45, 7) is 2.50. The number of aromatic nitrogens is 1. The van der Waals surface area contributed by atoms with E-state index in [4.69, 9.17) is 0 Å². The van der Waals surface area contributed by atoms with Crippen LogP contribution in [0, 0.1) is 6.92 Å². The first-order valence-electron chi connectivity index (χ1n) is 7.85. The number of urea groups is 1. The van der Waals surface area contributed by atoms with Crippen molar-refractivity contribution in [2.45, 2.75) is 19.6 Å². The van der Waals surface area contributed by atoms with E-state index in [1.54, 1.807) is 6.20 Å². The molecule has 1 atom stereocenters. The lowest BCUT2D eigenvalue weighted by atomic mass is 10.0. The van der Waals surface area contributed by atoms with Gasteiger partial charge < -0.3 is 20.6 Å². The van der Waals surface area contributed by atoms with E-state index in [1.165, 1.54) is 0 Å². The van der Waals surface area contributed by atoms with E-state index < -0.39 is 6.10 Å². The van der Waals surface area contributed by atoms with Crippen molar-refractivity contribution in [2.75, 3.05) is 25.5 Å². The van der Waals surface area contributed by atoms with Crippen molar-refractivity contribution in [3.05, 3.63) is 59.3 Å². The van der Waals surface area contributed by atoms with Crippen LogP contribution in [0.1, 0.15) is 22.8 Å². The van der Waals surface area contributed by atoms with Crippen LogP contribution < -0.4 is 15.5 Å². The van der Waals surface area contributed by atoms with Gasteiger partial charge in [0.2, 0.25) is 0 Å². The first-order chi connectivity index (χ1) is 11.5. The van der Waals surface area contributed by atoms with Gasteiger partial charge in [-0.1, -0.05) is 24.3 Å². The number of carbonyl (C=O) groups is 1. The van der Waals surface area contributed by atoms with E-state index in [0.717, 1.165) is 22.5 Å². The summed E-state index contributed by atoms with van der Waals surface area (Å²) < 4.78 is 0. The number of rotatable bonds is 6. The minimum Gasteiger partial charge on any atom is -0.387 e. The Bertz CT molecular complexity index is 688. The fourth-order valence-corrected chi connectivity index (χ4v) is 2.32. The summed E-state index contributed by atoms with van der Waals surface area (Å²) in [6, 6.07) is 11.0. The Morgan fingerprint density at radius 3 is 2.71 bits per heavy atom. The van der Waals surface area contributed by atoms with Gasteiger partial charge in [-0.05, 0) is 35.7 Å². The van der Waals surface area contributed by atoms with Crippen molar-refractivity contribution in [1.29, 1.82) is 0 Å². The predicted molar refractivity (Wildman–Crippen MR) is 94.9 cm³/mol. The van der Waals surface area contributed by atoms with Crippen LogP contribution in [0.15, 0.2) is 42.6 Å². The number of aryl methyl sites for hydroxylation is 1. The first-order valence-corrected chi connectivity index (χ1v) is 7.85. The number of aliphatic hydroxyl groups is 1. The standard InChI is InChI=1S/C18H24N4O2/c1-13-6-4-5-7-15(13)16(23)12-21-18(24)20-11-14-8-9-19-17(10-14)22(2)3/h4-10,16,23H,11-12H2,1-3H3,(H2,20,21,24). The minimum absolute atomic E-state index is 0.163. The molecule has 3 N–H and O–H groups in total. The van der Waals surface area contributed by atoms with Gasteiger partial charge in [-0.15, -0.1) is 0 Å². The summed E-state index contributed by atoms with van der Waals surface area (Å²) in [5.41, 5.74) is 2.78.